The largest absolute Gasteiger partial charge is 0.368 e. The van der Waals surface area contributed by atoms with Crippen LogP contribution < -0.4 is 10.2 Å². The maximum atomic E-state index is 12.4. The number of carbonyl (C=O) groups is 3. The summed E-state index contributed by atoms with van der Waals surface area (Å²) < 4.78 is 0. The Kier molecular flexibility index (Phi) is 6.31. The van der Waals surface area contributed by atoms with Crippen LogP contribution in [0.5, 0.6) is 0 Å². The number of hydrogen-bond acceptors (Lipinski definition) is 4. The summed E-state index contributed by atoms with van der Waals surface area (Å²) in [5.74, 6) is -1.78. The van der Waals surface area contributed by atoms with Crippen molar-refractivity contribution in [2.24, 2.45) is 0 Å². The van der Waals surface area contributed by atoms with Crippen LogP contribution in [-0.4, -0.2) is 55.2 Å². The molecule has 146 valence electrons. The Morgan fingerprint density at radius 3 is 2.29 bits per heavy atom. The summed E-state index contributed by atoms with van der Waals surface area (Å²) in [5.41, 5.74) is 2.50. The highest BCUT2D eigenvalue weighted by molar-refractivity contribution is 6.47. The number of carbonyl (C=O) groups excluding carboxylic acids is 3. The van der Waals surface area contributed by atoms with Crippen LogP contribution in [0.3, 0.4) is 0 Å². The summed E-state index contributed by atoms with van der Waals surface area (Å²) >= 11 is 5.94. The second-order valence-electron chi connectivity index (χ2n) is 6.65. The van der Waals surface area contributed by atoms with Gasteiger partial charge in [-0.15, -0.1) is 0 Å². The Morgan fingerprint density at radius 2 is 1.61 bits per heavy atom. The molecule has 1 heterocycles. The van der Waals surface area contributed by atoms with Crippen LogP contribution >= 0.6 is 11.6 Å². The normalized spacial score (nSPS) is 13.9. The molecular formula is C21H22ClN3O3. The highest BCUT2D eigenvalue weighted by atomic mass is 35.5. The van der Waals surface area contributed by atoms with Crippen molar-refractivity contribution in [1.29, 1.82) is 0 Å². The molecule has 28 heavy (non-hydrogen) atoms. The number of halogens is 1. The lowest BCUT2D eigenvalue weighted by molar-refractivity contribution is -0.132. The molecule has 1 fully saturated rings. The summed E-state index contributed by atoms with van der Waals surface area (Å²) in [6, 6.07) is 14.5. The molecular weight excluding hydrogens is 378 g/mol. The Morgan fingerprint density at radius 1 is 0.964 bits per heavy atom. The smallest absolute Gasteiger partial charge is 0.292 e. The van der Waals surface area contributed by atoms with Crippen molar-refractivity contribution in [2.45, 2.75) is 6.92 Å². The SMILES string of the molecule is Cc1ccccc1N1CCN(C(=O)CNC(=O)C(=O)c2ccccc2Cl)CC1. The number of piperazine rings is 1. The lowest BCUT2D eigenvalue weighted by Crippen LogP contribution is -2.51. The molecule has 1 aliphatic heterocycles. The fraction of sp³-hybridized carbons (Fsp3) is 0.286. The zero-order valence-corrected chi connectivity index (χ0v) is 16.4. The van der Waals surface area contributed by atoms with Gasteiger partial charge in [0.05, 0.1) is 11.6 Å². The van der Waals surface area contributed by atoms with Crippen molar-refractivity contribution < 1.29 is 14.4 Å². The maximum absolute atomic E-state index is 12.4. The van der Waals surface area contributed by atoms with Gasteiger partial charge in [0, 0.05) is 37.4 Å². The predicted octanol–water partition coefficient (Wildman–Crippen LogP) is 2.30. The van der Waals surface area contributed by atoms with E-state index in [2.05, 4.69) is 29.3 Å². The van der Waals surface area contributed by atoms with Crippen LogP contribution in [0.2, 0.25) is 5.02 Å². The van der Waals surface area contributed by atoms with Gasteiger partial charge < -0.3 is 15.1 Å². The highest BCUT2D eigenvalue weighted by Crippen LogP contribution is 2.20. The van der Waals surface area contributed by atoms with Gasteiger partial charge in [0.2, 0.25) is 5.91 Å². The van der Waals surface area contributed by atoms with Crippen LogP contribution in [0.15, 0.2) is 48.5 Å². The Labute approximate surface area is 169 Å². The lowest BCUT2D eigenvalue weighted by atomic mass is 10.1. The van der Waals surface area contributed by atoms with Crippen LogP contribution in [0.4, 0.5) is 5.69 Å². The highest BCUT2D eigenvalue weighted by Gasteiger charge is 2.24. The quantitative estimate of drug-likeness (QED) is 0.618. The van der Waals surface area contributed by atoms with Crippen LogP contribution in [0.1, 0.15) is 15.9 Å². The molecule has 6 nitrogen and oxygen atoms in total. The van der Waals surface area contributed by atoms with E-state index in [-0.39, 0.29) is 23.0 Å². The van der Waals surface area contributed by atoms with Gasteiger partial charge in [-0.1, -0.05) is 41.9 Å². The average Bonchev–Trinajstić information content (AvgIpc) is 2.72. The molecule has 7 heteroatoms. The number of amides is 2. The monoisotopic (exact) mass is 399 g/mol. The second-order valence-corrected chi connectivity index (χ2v) is 7.05. The zero-order chi connectivity index (χ0) is 20.1. The molecule has 0 bridgehead atoms. The van der Waals surface area contributed by atoms with E-state index in [4.69, 9.17) is 11.6 Å². The number of ketones is 1. The van der Waals surface area contributed by atoms with Gasteiger partial charge in [0.15, 0.2) is 0 Å². The Bertz CT molecular complexity index is 892. The molecule has 0 unspecified atom stereocenters. The molecule has 0 radical (unpaired) electrons. The summed E-state index contributed by atoms with van der Waals surface area (Å²) in [5, 5.41) is 2.61. The molecule has 2 aromatic carbocycles. The van der Waals surface area contributed by atoms with E-state index < -0.39 is 11.7 Å². The first-order valence-electron chi connectivity index (χ1n) is 9.13. The number of aryl methyl sites for hydroxylation is 1. The number of hydrogen-bond donors (Lipinski definition) is 1. The lowest BCUT2D eigenvalue weighted by Gasteiger charge is -2.36. The standard InChI is InChI=1S/C21H22ClN3O3/c1-15-6-2-5-9-18(15)24-10-12-25(13-11-24)19(26)14-23-21(28)20(27)16-7-3-4-8-17(16)22/h2-9H,10-14H2,1H3,(H,23,28). The van der Waals surface area contributed by atoms with Crippen LogP contribution in [0, 0.1) is 6.92 Å². The molecule has 2 amide bonds. The van der Waals surface area contributed by atoms with Gasteiger partial charge >= 0.3 is 0 Å². The maximum Gasteiger partial charge on any atom is 0.292 e. The molecule has 0 atom stereocenters. The summed E-state index contributed by atoms with van der Waals surface area (Å²) in [7, 11) is 0. The number of benzene rings is 2. The third-order valence-corrected chi connectivity index (χ3v) is 5.14. The van der Waals surface area contributed by atoms with Crippen molar-refractivity contribution in [3.05, 3.63) is 64.7 Å². The van der Waals surface area contributed by atoms with Crippen LogP contribution in [-0.2, 0) is 9.59 Å². The fourth-order valence-electron chi connectivity index (χ4n) is 3.23. The first kappa shape index (κ1) is 19.9. The van der Waals surface area contributed by atoms with Crippen molar-refractivity contribution in [3.8, 4) is 0 Å². The minimum atomic E-state index is -0.833. The third kappa shape index (κ3) is 4.51. The second kappa shape index (κ2) is 8.89. The predicted molar refractivity (Wildman–Crippen MR) is 109 cm³/mol. The van der Waals surface area contributed by atoms with Gasteiger partial charge in [0.1, 0.15) is 0 Å². The van der Waals surface area contributed by atoms with Gasteiger partial charge in [-0.05, 0) is 30.7 Å². The number of nitrogens with zero attached hydrogens (tertiary/aromatic N) is 2. The molecule has 0 aromatic heterocycles. The number of nitrogens with one attached hydrogen (secondary N) is 1. The Balaban J connectivity index is 1.50. The van der Waals surface area contributed by atoms with Gasteiger partial charge in [-0.3, -0.25) is 14.4 Å². The molecule has 2 aromatic rings. The minimum absolute atomic E-state index is 0.126. The van der Waals surface area contributed by atoms with Crippen LogP contribution in [0.25, 0.3) is 0 Å². The first-order chi connectivity index (χ1) is 13.5. The van der Waals surface area contributed by atoms with Crippen molar-refractivity contribution in [1.82, 2.24) is 10.2 Å². The Hall–Kier alpha value is -2.86. The van der Waals surface area contributed by atoms with E-state index >= 15 is 0 Å². The fourth-order valence-corrected chi connectivity index (χ4v) is 3.45. The topological polar surface area (TPSA) is 69.7 Å². The molecule has 1 saturated heterocycles. The summed E-state index contributed by atoms with van der Waals surface area (Å²) in [6.07, 6.45) is 0. The molecule has 0 saturated carbocycles. The number of rotatable bonds is 5. The van der Waals surface area contributed by atoms with E-state index in [9.17, 15) is 14.4 Å². The van der Waals surface area contributed by atoms with E-state index in [1.165, 1.54) is 17.3 Å². The number of para-hydroxylation sites is 1. The molecule has 1 aliphatic rings. The summed E-state index contributed by atoms with van der Waals surface area (Å²) in [4.78, 5) is 40.6. The zero-order valence-electron chi connectivity index (χ0n) is 15.7. The number of Topliss-reactive ketones (excluding diaryl/α,β-unsaturated/α-hetero) is 1. The van der Waals surface area contributed by atoms with Crippen molar-refractivity contribution in [2.75, 3.05) is 37.6 Å². The average molecular weight is 400 g/mol. The van der Waals surface area contributed by atoms with Gasteiger partial charge in [-0.2, -0.15) is 0 Å². The number of anilines is 1. The van der Waals surface area contributed by atoms with Gasteiger partial charge in [0.25, 0.3) is 11.7 Å². The molecule has 1 N–H and O–H groups in total. The molecule has 3 rings (SSSR count). The first-order valence-corrected chi connectivity index (χ1v) is 9.50. The van der Waals surface area contributed by atoms with Crippen molar-refractivity contribution in [3.63, 3.8) is 0 Å². The van der Waals surface area contributed by atoms with Crippen molar-refractivity contribution >= 4 is 34.9 Å². The molecule has 0 spiro atoms. The van der Waals surface area contributed by atoms with E-state index in [0.29, 0.717) is 13.1 Å². The summed E-state index contributed by atoms with van der Waals surface area (Å²) in [6.45, 7) is 4.45. The van der Waals surface area contributed by atoms with Gasteiger partial charge in [-0.25, -0.2) is 0 Å². The third-order valence-electron chi connectivity index (χ3n) is 4.81. The van der Waals surface area contributed by atoms with E-state index in [0.717, 1.165) is 13.1 Å². The van der Waals surface area contributed by atoms with E-state index in [1.54, 1.807) is 23.1 Å². The minimum Gasteiger partial charge on any atom is -0.368 e. The molecule has 0 aliphatic carbocycles. The van der Waals surface area contributed by atoms with E-state index in [1.807, 2.05) is 12.1 Å².